The van der Waals surface area contributed by atoms with Crippen molar-refractivity contribution in [3.8, 4) is 0 Å². The minimum Gasteiger partial charge on any atom is -0.393 e. The molecule has 0 saturated carbocycles. The number of nitrogens with one attached hydrogen (secondary N) is 1. The molecule has 0 aliphatic carbocycles. The third-order valence-electron chi connectivity index (χ3n) is 3.81. The molecule has 2 aliphatic rings. The topological polar surface area (TPSA) is 52.6 Å². The molecule has 0 aromatic rings. The van der Waals surface area contributed by atoms with Crippen molar-refractivity contribution < 1.29 is 9.90 Å². The maximum atomic E-state index is 12.2. The van der Waals surface area contributed by atoms with Gasteiger partial charge in [0.15, 0.2) is 0 Å². The largest absolute Gasteiger partial charge is 0.393 e. The van der Waals surface area contributed by atoms with E-state index in [2.05, 4.69) is 5.32 Å². The highest BCUT2D eigenvalue weighted by atomic mass is 16.3. The average molecular weight is 226 g/mol. The first-order chi connectivity index (χ1) is 7.68. The van der Waals surface area contributed by atoms with Gasteiger partial charge in [-0.3, -0.25) is 4.79 Å². The van der Waals surface area contributed by atoms with E-state index in [1.807, 2.05) is 11.8 Å². The van der Waals surface area contributed by atoms with Gasteiger partial charge in [-0.15, -0.1) is 0 Å². The first-order valence-electron chi connectivity index (χ1n) is 6.38. The maximum Gasteiger partial charge on any atom is 0.239 e. The second kappa shape index (κ2) is 5.15. The maximum absolute atomic E-state index is 12.2. The molecule has 2 heterocycles. The first kappa shape index (κ1) is 11.9. The molecule has 4 nitrogen and oxygen atoms in total. The number of rotatable bonds is 2. The monoisotopic (exact) mass is 226 g/mol. The standard InChI is InChI=1S/C12H22N2O2/c1-9(15)10-4-3-7-14(8-10)12(16)11-5-2-6-13-11/h9-11,13,15H,2-8H2,1H3/t9-,10+,11+/m0/s1. The molecule has 0 aromatic heterocycles. The summed E-state index contributed by atoms with van der Waals surface area (Å²) >= 11 is 0. The Hall–Kier alpha value is -0.610. The zero-order valence-corrected chi connectivity index (χ0v) is 9.98. The quantitative estimate of drug-likeness (QED) is 0.715. The van der Waals surface area contributed by atoms with Crippen molar-refractivity contribution >= 4 is 5.91 Å². The van der Waals surface area contributed by atoms with E-state index in [4.69, 9.17) is 0 Å². The van der Waals surface area contributed by atoms with E-state index in [1.165, 1.54) is 0 Å². The van der Waals surface area contributed by atoms with Crippen molar-refractivity contribution in [1.82, 2.24) is 10.2 Å². The highest BCUT2D eigenvalue weighted by Crippen LogP contribution is 2.21. The van der Waals surface area contributed by atoms with E-state index in [1.54, 1.807) is 0 Å². The number of piperidine rings is 1. The summed E-state index contributed by atoms with van der Waals surface area (Å²) in [6, 6.07) is 0.0350. The highest BCUT2D eigenvalue weighted by Gasteiger charge is 2.31. The lowest BCUT2D eigenvalue weighted by molar-refractivity contribution is -0.135. The molecule has 2 saturated heterocycles. The Morgan fingerprint density at radius 3 is 2.88 bits per heavy atom. The molecule has 2 rings (SSSR count). The number of aliphatic hydroxyl groups is 1. The van der Waals surface area contributed by atoms with E-state index >= 15 is 0 Å². The molecule has 0 radical (unpaired) electrons. The fourth-order valence-electron chi connectivity index (χ4n) is 2.72. The van der Waals surface area contributed by atoms with Crippen LogP contribution in [0.25, 0.3) is 0 Å². The summed E-state index contributed by atoms with van der Waals surface area (Å²) in [5.41, 5.74) is 0. The summed E-state index contributed by atoms with van der Waals surface area (Å²) in [5.74, 6) is 0.502. The minimum absolute atomic E-state index is 0.0350. The molecule has 2 N–H and O–H groups in total. The molecule has 16 heavy (non-hydrogen) atoms. The molecule has 2 fully saturated rings. The van der Waals surface area contributed by atoms with E-state index in [0.717, 1.165) is 45.3 Å². The van der Waals surface area contributed by atoms with Crippen molar-refractivity contribution in [3.63, 3.8) is 0 Å². The van der Waals surface area contributed by atoms with E-state index in [-0.39, 0.29) is 24.0 Å². The smallest absolute Gasteiger partial charge is 0.239 e. The Morgan fingerprint density at radius 2 is 2.25 bits per heavy atom. The average Bonchev–Trinajstić information content (AvgIpc) is 2.81. The number of amides is 1. The Balaban J connectivity index is 1.90. The van der Waals surface area contributed by atoms with Gasteiger partial charge in [-0.1, -0.05) is 0 Å². The van der Waals surface area contributed by atoms with Gasteiger partial charge in [0.25, 0.3) is 0 Å². The van der Waals surface area contributed by atoms with Gasteiger partial charge in [0, 0.05) is 19.0 Å². The lowest BCUT2D eigenvalue weighted by atomic mass is 9.93. The fraction of sp³-hybridized carbons (Fsp3) is 0.917. The van der Waals surface area contributed by atoms with Crippen LogP contribution in [0, 0.1) is 5.92 Å². The summed E-state index contributed by atoms with van der Waals surface area (Å²) in [6.45, 7) is 4.38. The van der Waals surface area contributed by atoms with Gasteiger partial charge in [0.05, 0.1) is 12.1 Å². The van der Waals surface area contributed by atoms with E-state index in [9.17, 15) is 9.90 Å². The predicted octanol–water partition coefficient (Wildman–Crippen LogP) is 0.358. The van der Waals surface area contributed by atoms with Crippen molar-refractivity contribution in [1.29, 1.82) is 0 Å². The fourth-order valence-corrected chi connectivity index (χ4v) is 2.72. The number of hydrogen-bond donors (Lipinski definition) is 2. The van der Waals surface area contributed by atoms with Crippen LogP contribution in [0.1, 0.15) is 32.6 Å². The van der Waals surface area contributed by atoms with Gasteiger partial charge in [-0.05, 0) is 39.2 Å². The molecule has 4 heteroatoms. The molecule has 3 atom stereocenters. The van der Waals surface area contributed by atoms with Crippen molar-refractivity contribution in [2.45, 2.75) is 44.8 Å². The van der Waals surface area contributed by atoms with Crippen LogP contribution in [0.4, 0.5) is 0 Å². The van der Waals surface area contributed by atoms with Gasteiger partial charge < -0.3 is 15.3 Å². The molecule has 0 spiro atoms. The lowest BCUT2D eigenvalue weighted by Crippen LogP contribution is -2.49. The predicted molar refractivity (Wildman–Crippen MR) is 62.0 cm³/mol. The lowest BCUT2D eigenvalue weighted by Gasteiger charge is -2.35. The van der Waals surface area contributed by atoms with Crippen LogP contribution >= 0.6 is 0 Å². The van der Waals surface area contributed by atoms with Crippen LogP contribution in [-0.4, -0.2) is 47.7 Å². The Bertz CT molecular complexity index is 249. The van der Waals surface area contributed by atoms with Crippen LogP contribution in [-0.2, 0) is 4.79 Å². The van der Waals surface area contributed by atoms with Gasteiger partial charge >= 0.3 is 0 Å². The normalized spacial score (nSPS) is 32.8. The number of hydrogen-bond acceptors (Lipinski definition) is 3. The van der Waals surface area contributed by atoms with Crippen LogP contribution in [0.3, 0.4) is 0 Å². The summed E-state index contributed by atoms with van der Waals surface area (Å²) in [4.78, 5) is 14.1. The molecular weight excluding hydrogens is 204 g/mol. The summed E-state index contributed by atoms with van der Waals surface area (Å²) < 4.78 is 0. The summed E-state index contributed by atoms with van der Waals surface area (Å²) in [5, 5.41) is 12.8. The summed E-state index contributed by atoms with van der Waals surface area (Å²) in [6.07, 6.45) is 3.83. The highest BCUT2D eigenvalue weighted by molar-refractivity contribution is 5.82. The van der Waals surface area contributed by atoms with E-state index < -0.39 is 0 Å². The van der Waals surface area contributed by atoms with Crippen LogP contribution < -0.4 is 5.32 Å². The van der Waals surface area contributed by atoms with Crippen molar-refractivity contribution in [2.75, 3.05) is 19.6 Å². The number of aliphatic hydroxyl groups excluding tert-OH is 1. The van der Waals surface area contributed by atoms with Gasteiger partial charge in [0.1, 0.15) is 0 Å². The third kappa shape index (κ3) is 2.55. The Kier molecular flexibility index (Phi) is 3.82. The van der Waals surface area contributed by atoms with Gasteiger partial charge in [-0.2, -0.15) is 0 Å². The zero-order valence-electron chi connectivity index (χ0n) is 9.98. The number of likely N-dealkylation sites (tertiary alicyclic amines) is 1. The van der Waals surface area contributed by atoms with Crippen molar-refractivity contribution in [3.05, 3.63) is 0 Å². The second-order valence-electron chi connectivity index (χ2n) is 5.08. The van der Waals surface area contributed by atoms with Crippen LogP contribution in [0.2, 0.25) is 0 Å². The minimum atomic E-state index is -0.299. The molecule has 0 aromatic carbocycles. The first-order valence-corrected chi connectivity index (χ1v) is 6.38. The molecule has 92 valence electrons. The van der Waals surface area contributed by atoms with Gasteiger partial charge in [0.2, 0.25) is 5.91 Å². The van der Waals surface area contributed by atoms with Crippen molar-refractivity contribution in [2.24, 2.45) is 5.92 Å². The number of carbonyl (C=O) groups is 1. The number of carbonyl (C=O) groups excluding carboxylic acids is 1. The molecule has 0 unspecified atom stereocenters. The molecule has 0 bridgehead atoms. The molecular formula is C12H22N2O2. The van der Waals surface area contributed by atoms with E-state index in [0.29, 0.717) is 0 Å². The number of nitrogens with zero attached hydrogens (tertiary/aromatic N) is 1. The van der Waals surface area contributed by atoms with Crippen LogP contribution in [0.15, 0.2) is 0 Å². The van der Waals surface area contributed by atoms with Crippen LogP contribution in [0.5, 0.6) is 0 Å². The Morgan fingerprint density at radius 1 is 1.44 bits per heavy atom. The van der Waals surface area contributed by atoms with Gasteiger partial charge in [-0.25, -0.2) is 0 Å². The molecule has 1 amide bonds. The third-order valence-corrected chi connectivity index (χ3v) is 3.81. The Labute approximate surface area is 97.0 Å². The zero-order chi connectivity index (χ0) is 11.5. The second-order valence-corrected chi connectivity index (χ2v) is 5.08. The SMILES string of the molecule is C[C@H](O)[C@@H]1CCCN(C(=O)[C@H]2CCCN2)C1. The molecule has 2 aliphatic heterocycles. The summed E-state index contributed by atoms with van der Waals surface area (Å²) in [7, 11) is 0.